The Bertz CT molecular complexity index is 639. The van der Waals surface area contributed by atoms with Crippen molar-refractivity contribution in [2.45, 2.75) is 19.6 Å². The van der Waals surface area contributed by atoms with Crippen molar-refractivity contribution in [1.29, 1.82) is 0 Å². The summed E-state index contributed by atoms with van der Waals surface area (Å²) in [5.74, 6) is 2.36. The average molecular weight is 316 g/mol. The second-order valence-electron chi connectivity index (χ2n) is 6.05. The number of hydrogen-bond donors (Lipinski definition) is 3. The number of nitrogens with zero attached hydrogens (tertiary/aromatic N) is 2. The van der Waals surface area contributed by atoms with E-state index in [1.807, 2.05) is 35.9 Å². The van der Waals surface area contributed by atoms with Gasteiger partial charge in [-0.05, 0) is 24.6 Å². The molecule has 1 aliphatic rings. The molecule has 0 spiro atoms. The van der Waals surface area contributed by atoms with E-state index in [4.69, 9.17) is 4.74 Å². The van der Waals surface area contributed by atoms with Gasteiger partial charge in [-0.25, -0.2) is 4.68 Å². The topological polar surface area (TPSA) is 71.3 Å². The highest BCUT2D eigenvalue weighted by atomic mass is 16.5. The van der Waals surface area contributed by atoms with Gasteiger partial charge in [0, 0.05) is 38.2 Å². The van der Waals surface area contributed by atoms with Gasteiger partial charge in [0.15, 0.2) is 0 Å². The zero-order chi connectivity index (χ0) is 16.2. The smallest absolute Gasteiger partial charge is 0.124 e. The van der Waals surface area contributed by atoms with Gasteiger partial charge in [0.05, 0.1) is 18.9 Å². The molecule has 2 unspecified atom stereocenters. The fraction of sp³-hybridized carbons (Fsp3) is 0.471. The molecule has 6 nitrogen and oxygen atoms in total. The van der Waals surface area contributed by atoms with E-state index >= 15 is 0 Å². The molecule has 6 heteroatoms. The van der Waals surface area contributed by atoms with Crippen LogP contribution in [0.3, 0.4) is 0 Å². The first-order valence-corrected chi connectivity index (χ1v) is 7.97. The van der Waals surface area contributed by atoms with Gasteiger partial charge < -0.3 is 20.5 Å². The maximum Gasteiger partial charge on any atom is 0.124 e. The van der Waals surface area contributed by atoms with Crippen LogP contribution in [0.25, 0.3) is 0 Å². The summed E-state index contributed by atoms with van der Waals surface area (Å²) in [5, 5.41) is 21.5. The third-order valence-corrected chi connectivity index (χ3v) is 4.18. The Labute approximate surface area is 136 Å². The highest BCUT2D eigenvalue weighted by Crippen LogP contribution is 2.19. The van der Waals surface area contributed by atoms with Crippen molar-refractivity contribution in [3.63, 3.8) is 0 Å². The number of benzene rings is 1. The molecule has 0 saturated carbocycles. The minimum Gasteiger partial charge on any atom is -0.497 e. The quantitative estimate of drug-likeness (QED) is 0.754. The van der Waals surface area contributed by atoms with E-state index in [-0.39, 0.29) is 0 Å². The highest BCUT2D eigenvalue weighted by Gasteiger charge is 2.19. The number of fused-ring (bicyclic) bond motifs is 1. The molecule has 124 valence electrons. The summed E-state index contributed by atoms with van der Waals surface area (Å²) >= 11 is 0. The number of aromatic nitrogens is 2. The van der Waals surface area contributed by atoms with Gasteiger partial charge in [-0.1, -0.05) is 12.1 Å². The van der Waals surface area contributed by atoms with Crippen LogP contribution in [0.1, 0.15) is 17.4 Å². The molecule has 2 aromatic rings. The molecule has 0 bridgehead atoms. The molecule has 3 rings (SSSR count). The zero-order valence-electron chi connectivity index (χ0n) is 13.6. The molecule has 0 fully saturated rings. The van der Waals surface area contributed by atoms with E-state index < -0.39 is 6.10 Å². The number of nitrogens with one attached hydrogen (secondary N) is 2. The second-order valence-corrected chi connectivity index (χ2v) is 6.05. The number of methoxy groups -OCH3 is 1. The standard InChI is InChI=1S/C17H24N4O2/c1-12-7-17-19-9-13(11-21(17)20-12)8-18-10-16(22)14-3-5-15(23-2)6-4-14/h3-7,13,16,18-19,22H,8-11H2,1-2H3. The molecule has 0 radical (unpaired) electrons. The van der Waals surface area contributed by atoms with Crippen molar-refractivity contribution >= 4 is 5.82 Å². The monoisotopic (exact) mass is 316 g/mol. The van der Waals surface area contributed by atoms with Crippen LogP contribution in [-0.4, -0.2) is 41.6 Å². The molecule has 3 N–H and O–H groups in total. The summed E-state index contributed by atoms with van der Waals surface area (Å²) in [6, 6.07) is 9.59. The first-order chi connectivity index (χ1) is 11.2. The van der Waals surface area contributed by atoms with Crippen LogP contribution in [0, 0.1) is 12.8 Å². The number of aliphatic hydroxyl groups is 1. The number of aliphatic hydroxyl groups excluding tert-OH is 1. The molecule has 2 heterocycles. The lowest BCUT2D eigenvalue weighted by molar-refractivity contribution is 0.172. The Hall–Kier alpha value is -2.05. The summed E-state index contributed by atoms with van der Waals surface area (Å²) in [5.41, 5.74) is 1.93. The van der Waals surface area contributed by atoms with Gasteiger partial charge in [0.1, 0.15) is 11.6 Å². The number of hydrogen-bond acceptors (Lipinski definition) is 5. The first-order valence-electron chi connectivity index (χ1n) is 7.97. The maximum absolute atomic E-state index is 10.2. The second kappa shape index (κ2) is 7.02. The summed E-state index contributed by atoms with van der Waals surface area (Å²) in [4.78, 5) is 0. The average Bonchev–Trinajstić information content (AvgIpc) is 2.94. The van der Waals surface area contributed by atoms with Crippen molar-refractivity contribution in [3.05, 3.63) is 41.6 Å². The van der Waals surface area contributed by atoms with Crippen molar-refractivity contribution in [1.82, 2.24) is 15.1 Å². The lowest BCUT2D eigenvalue weighted by Gasteiger charge is -2.25. The summed E-state index contributed by atoms with van der Waals surface area (Å²) in [6.45, 7) is 5.22. The largest absolute Gasteiger partial charge is 0.497 e. The Kier molecular flexibility index (Phi) is 4.83. The predicted octanol–water partition coefficient (Wildman–Crippen LogP) is 1.57. The van der Waals surface area contributed by atoms with Gasteiger partial charge in [-0.3, -0.25) is 0 Å². The summed E-state index contributed by atoms with van der Waals surface area (Å²) < 4.78 is 7.15. The summed E-state index contributed by atoms with van der Waals surface area (Å²) in [6.07, 6.45) is -0.514. The molecule has 0 aliphatic carbocycles. The highest BCUT2D eigenvalue weighted by molar-refractivity contribution is 5.38. The lowest BCUT2D eigenvalue weighted by Crippen LogP contribution is -2.36. The minimum atomic E-state index is -0.514. The third kappa shape index (κ3) is 3.83. The molecular weight excluding hydrogens is 292 g/mol. The van der Waals surface area contributed by atoms with Crippen LogP contribution in [0.2, 0.25) is 0 Å². The van der Waals surface area contributed by atoms with Crippen molar-refractivity contribution < 1.29 is 9.84 Å². The third-order valence-electron chi connectivity index (χ3n) is 4.18. The van der Waals surface area contributed by atoms with E-state index in [0.717, 1.165) is 42.5 Å². The number of ether oxygens (including phenoxy) is 1. The molecule has 0 saturated heterocycles. The van der Waals surface area contributed by atoms with Crippen LogP contribution in [0.15, 0.2) is 30.3 Å². The van der Waals surface area contributed by atoms with E-state index in [1.165, 1.54) is 0 Å². The maximum atomic E-state index is 10.2. The number of aryl methyl sites for hydroxylation is 1. The summed E-state index contributed by atoms with van der Waals surface area (Å²) in [7, 11) is 1.64. The van der Waals surface area contributed by atoms with E-state index in [2.05, 4.69) is 21.8 Å². The van der Waals surface area contributed by atoms with Gasteiger partial charge in [-0.2, -0.15) is 5.10 Å². The lowest BCUT2D eigenvalue weighted by atomic mass is 10.1. The van der Waals surface area contributed by atoms with Crippen molar-refractivity contribution in [2.75, 3.05) is 32.1 Å². The zero-order valence-corrected chi connectivity index (χ0v) is 13.6. The SMILES string of the molecule is COc1ccc(C(O)CNCC2CNc3cc(C)nn3C2)cc1. The van der Waals surface area contributed by atoms with E-state index in [0.29, 0.717) is 12.5 Å². The van der Waals surface area contributed by atoms with Gasteiger partial charge in [-0.15, -0.1) is 0 Å². The fourth-order valence-electron chi connectivity index (χ4n) is 2.89. The fourth-order valence-corrected chi connectivity index (χ4v) is 2.89. The molecule has 23 heavy (non-hydrogen) atoms. The minimum absolute atomic E-state index is 0.463. The van der Waals surface area contributed by atoms with E-state index in [9.17, 15) is 5.11 Å². The number of rotatable bonds is 6. The Morgan fingerprint density at radius 1 is 1.43 bits per heavy atom. The van der Waals surface area contributed by atoms with E-state index in [1.54, 1.807) is 7.11 Å². The normalized spacial score (nSPS) is 18.1. The van der Waals surface area contributed by atoms with Crippen LogP contribution in [-0.2, 0) is 6.54 Å². The van der Waals surface area contributed by atoms with Gasteiger partial charge in [0.2, 0.25) is 0 Å². The van der Waals surface area contributed by atoms with Crippen LogP contribution in [0.4, 0.5) is 5.82 Å². The Morgan fingerprint density at radius 2 is 2.22 bits per heavy atom. The molecule has 0 amide bonds. The first kappa shape index (κ1) is 15.8. The van der Waals surface area contributed by atoms with Crippen LogP contribution in [0.5, 0.6) is 5.75 Å². The predicted molar refractivity (Wildman–Crippen MR) is 89.8 cm³/mol. The van der Waals surface area contributed by atoms with Gasteiger partial charge >= 0.3 is 0 Å². The molecule has 1 aliphatic heterocycles. The number of anilines is 1. The molecule has 1 aromatic heterocycles. The Morgan fingerprint density at radius 3 is 2.96 bits per heavy atom. The molecule has 2 atom stereocenters. The molecule has 1 aromatic carbocycles. The Balaban J connectivity index is 1.46. The van der Waals surface area contributed by atoms with Crippen molar-refractivity contribution in [2.24, 2.45) is 5.92 Å². The van der Waals surface area contributed by atoms with Gasteiger partial charge in [0.25, 0.3) is 0 Å². The molecular formula is C17H24N4O2. The van der Waals surface area contributed by atoms with Crippen LogP contribution >= 0.6 is 0 Å². The van der Waals surface area contributed by atoms with Crippen molar-refractivity contribution in [3.8, 4) is 5.75 Å². The van der Waals surface area contributed by atoms with Crippen LogP contribution < -0.4 is 15.4 Å².